The van der Waals surface area contributed by atoms with Gasteiger partial charge in [0.25, 0.3) is 0 Å². The molecule has 0 saturated heterocycles. The van der Waals surface area contributed by atoms with Gasteiger partial charge in [0.2, 0.25) is 0 Å². The molecule has 2 rings (SSSR count). The molecule has 0 aliphatic heterocycles. The van der Waals surface area contributed by atoms with Crippen LogP contribution in [-0.2, 0) is 13.1 Å². The lowest BCUT2D eigenvalue weighted by atomic mass is 10.1. The molecule has 0 bridgehead atoms. The Hall–Kier alpha value is -2.04. The second-order valence-corrected chi connectivity index (χ2v) is 5.17. The Morgan fingerprint density at radius 3 is 1.82 bits per heavy atom. The average Bonchev–Trinajstić information content (AvgIpc) is 2.48. The molecule has 0 aliphatic carbocycles. The minimum atomic E-state index is -0.893. The maximum absolute atomic E-state index is 10.8. The van der Waals surface area contributed by atoms with E-state index in [1.54, 1.807) is 12.1 Å². The minimum absolute atomic E-state index is 0. The fraction of sp³-hybridized carbons (Fsp3) is 0.235. The number of rotatable bonds is 6. The number of benzene rings is 2. The molecule has 0 atom stereocenters. The van der Waals surface area contributed by atoms with E-state index in [2.05, 4.69) is 34.5 Å². The van der Waals surface area contributed by atoms with Crippen LogP contribution in [0, 0.1) is 0 Å². The first-order chi connectivity index (χ1) is 10.1. The third kappa shape index (κ3) is 5.06. The molecule has 0 radical (unpaired) electrons. The number of hydrogen-bond acceptors (Lipinski definition) is 3. The number of carbonyl (C=O) groups is 1. The molecule has 0 amide bonds. The smallest absolute Gasteiger partial charge is 0.335 e. The van der Waals surface area contributed by atoms with Crippen LogP contribution in [0.2, 0.25) is 0 Å². The molecule has 0 saturated carbocycles. The fourth-order valence-electron chi connectivity index (χ4n) is 2.03. The summed E-state index contributed by atoms with van der Waals surface area (Å²) < 4.78 is 0. The molecule has 0 spiro atoms. The lowest BCUT2D eigenvalue weighted by Crippen LogP contribution is -3.00. The van der Waals surface area contributed by atoms with Crippen LogP contribution in [0.3, 0.4) is 0 Å². The van der Waals surface area contributed by atoms with Crippen LogP contribution in [0.1, 0.15) is 21.5 Å². The van der Waals surface area contributed by atoms with Gasteiger partial charge in [0.15, 0.2) is 0 Å². The van der Waals surface area contributed by atoms with Gasteiger partial charge in [-0.15, -0.1) is 0 Å². The monoisotopic (exact) mass is 319 g/mol. The summed E-state index contributed by atoms with van der Waals surface area (Å²) in [7, 11) is 4.04. The van der Waals surface area contributed by atoms with Gasteiger partial charge in [-0.1, -0.05) is 24.3 Å². The second-order valence-electron chi connectivity index (χ2n) is 5.17. The molecule has 0 heterocycles. The topological polar surface area (TPSA) is 52.6 Å². The second kappa shape index (κ2) is 8.41. The van der Waals surface area contributed by atoms with Crippen molar-refractivity contribution in [2.75, 3.05) is 19.0 Å². The third-order valence-corrected chi connectivity index (χ3v) is 3.31. The highest BCUT2D eigenvalue weighted by molar-refractivity contribution is 5.87. The quantitative estimate of drug-likeness (QED) is 0.771. The highest BCUT2D eigenvalue weighted by Crippen LogP contribution is 2.12. The molecular weight excluding hydrogens is 300 g/mol. The average molecular weight is 320 g/mol. The van der Waals surface area contributed by atoms with Crippen molar-refractivity contribution in [3.8, 4) is 0 Å². The Labute approximate surface area is 137 Å². The number of halogens is 1. The van der Waals surface area contributed by atoms with E-state index in [9.17, 15) is 4.79 Å². The zero-order valence-corrected chi connectivity index (χ0v) is 13.5. The molecule has 22 heavy (non-hydrogen) atoms. The van der Waals surface area contributed by atoms with E-state index in [-0.39, 0.29) is 12.4 Å². The van der Waals surface area contributed by atoms with Crippen molar-refractivity contribution >= 4 is 11.7 Å². The molecule has 0 aliphatic rings. The van der Waals surface area contributed by atoms with Crippen molar-refractivity contribution in [1.29, 1.82) is 0 Å². The van der Waals surface area contributed by atoms with Gasteiger partial charge in [-0.2, -0.15) is 0 Å². The molecule has 0 unspecified atom stereocenters. The number of anilines is 1. The van der Waals surface area contributed by atoms with E-state index in [0.717, 1.165) is 18.7 Å². The van der Waals surface area contributed by atoms with E-state index in [4.69, 9.17) is 5.11 Å². The van der Waals surface area contributed by atoms with Crippen LogP contribution in [-0.4, -0.2) is 25.2 Å². The van der Waals surface area contributed by atoms with Gasteiger partial charge in [-0.3, -0.25) is 0 Å². The van der Waals surface area contributed by atoms with Crippen molar-refractivity contribution in [3.63, 3.8) is 0 Å². The number of aromatic carboxylic acids is 1. The predicted octanol–water partition coefficient (Wildman–Crippen LogP) is -0.255. The fourth-order valence-corrected chi connectivity index (χ4v) is 2.03. The summed E-state index contributed by atoms with van der Waals surface area (Å²) in [5.74, 6) is -0.893. The summed E-state index contributed by atoms with van der Waals surface area (Å²) in [5, 5.41) is 12.2. The lowest BCUT2D eigenvalue weighted by Gasteiger charge is -2.13. The summed E-state index contributed by atoms with van der Waals surface area (Å²) in [6.45, 7) is 1.50. The van der Waals surface area contributed by atoms with Gasteiger partial charge in [0.1, 0.15) is 0 Å². The van der Waals surface area contributed by atoms with E-state index in [1.165, 1.54) is 11.3 Å². The standard InChI is InChI=1S/C17H20N2O2.ClH/c1-19(2)16-9-5-14(6-10-16)12-18-11-13-3-7-15(8-4-13)17(20)21;/h3-10,18H,11-12H2,1-2H3,(H,20,21);1H/p-1. The van der Waals surface area contributed by atoms with Gasteiger partial charge in [0.05, 0.1) is 5.56 Å². The van der Waals surface area contributed by atoms with Crippen LogP contribution in [0.5, 0.6) is 0 Å². The van der Waals surface area contributed by atoms with Crippen molar-refractivity contribution in [1.82, 2.24) is 5.32 Å². The Bertz CT molecular complexity index is 595. The summed E-state index contributed by atoms with van der Waals surface area (Å²) in [5.41, 5.74) is 3.80. The summed E-state index contributed by atoms with van der Waals surface area (Å²) in [6, 6.07) is 15.3. The summed E-state index contributed by atoms with van der Waals surface area (Å²) in [4.78, 5) is 12.8. The SMILES string of the molecule is CN(C)c1ccc(CNCc2ccc(C(=O)O)cc2)cc1.[Cl-]. The van der Waals surface area contributed by atoms with Gasteiger partial charge in [-0.25, -0.2) is 4.79 Å². The number of carboxylic acid groups (broad SMARTS) is 1. The number of nitrogens with one attached hydrogen (secondary N) is 1. The molecule has 118 valence electrons. The lowest BCUT2D eigenvalue weighted by molar-refractivity contribution is -0.0000199. The largest absolute Gasteiger partial charge is 1.00 e. The highest BCUT2D eigenvalue weighted by atomic mass is 35.5. The Kier molecular flexibility index (Phi) is 6.89. The Morgan fingerprint density at radius 1 is 0.955 bits per heavy atom. The molecule has 0 aromatic heterocycles. The predicted molar refractivity (Wildman–Crippen MR) is 84.7 cm³/mol. The molecule has 2 aromatic rings. The maximum atomic E-state index is 10.8. The third-order valence-electron chi connectivity index (χ3n) is 3.31. The molecule has 5 heteroatoms. The van der Waals surface area contributed by atoms with Crippen LogP contribution in [0.4, 0.5) is 5.69 Å². The first-order valence-corrected chi connectivity index (χ1v) is 6.85. The number of nitrogens with zero attached hydrogens (tertiary/aromatic N) is 1. The number of carboxylic acids is 1. The number of hydrogen-bond donors (Lipinski definition) is 2. The summed E-state index contributed by atoms with van der Waals surface area (Å²) >= 11 is 0. The van der Waals surface area contributed by atoms with Crippen LogP contribution in [0.25, 0.3) is 0 Å². The van der Waals surface area contributed by atoms with Crippen LogP contribution >= 0.6 is 0 Å². The van der Waals surface area contributed by atoms with E-state index < -0.39 is 5.97 Å². The summed E-state index contributed by atoms with van der Waals surface area (Å²) in [6.07, 6.45) is 0. The zero-order valence-electron chi connectivity index (χ0n) is 12.7. The van der Waals surface area contributed by atoms with Gasteiger partial charge in [-0.05, 0) is 35.4 Å². The van der Waals surface area contributed by atoms with Crippen LogP contribution in [0.15, 0.2) is 48.5 Å². The normalized spacial score (nSPS) is 9.91. The maximum Gasteiger partial charge on any atom is 0.335 e. The van der Waals surface area contributed by atoms with Crippen molar-refractivity contribution < 1.29 is 22.3 Å². The first-order valence-electron chi connectivity index (χ1n) is 6.85. The van der Waals surface area contributed by atoms with Crippen LogP contribution < -0.4 is 22.6 Å². The molecule has 4 nitrogen and oxygen atoms in total. The Balaban J connectivity index is 0.00000242. The van der Waals surface area contributed by atoms with E-state index in [1.807, 2.05) is 26.2 Å². The molecule has 2 aromatic carbocycles. The minimum Gasteiger partial charge on any atom is -1.00 e. The van der Waals surface area contributed by atoms with Gasteiger partial charge in [0, 0.05) is 32.9 Å². The Morgan fingerprint density at radius 2 is 1.41 bits per heavy atom. The van der Waals surface area contributed by atoms with Crippen molar-refractivity contribution in [2.45, 2.75) is 13.1 Å². The molecule has 0 fully saturated rings. The van der Waals surface area contributed by atoms with Gasteiger partial charge >= 0.3 is 5.97 Å². The van der Waals surface area contributed by atoms with Gasteiger partial charge < -0.3 is 27.7 Å². The first kappa shape index (κ1) is 18.0. The highest BCUT2D eigenvalue weighted by Gasteiger charge is 2.01. The molecular formula is C17H20ClN2O2-. The molecule has 2 N–H and O–H groups in total. The van der Waals surface area contributed by atoms with E-state index >= 15 is 0 Å². The zero-order chi connectivity index (χ0) is 15.2. The van der Waals surface area contributed by atoms with Crippen molar-refractivity contribution in [2.24, 2.45) is 0 Å². The van der Waals surface area contributed by atoms with E-state index in [0.29, 0.717) is 5.56 Å². The van der Waals surface area contributed by atoms with Crippen molar-refractivity contribution in [3.05, 3.63) is 65.2 Å².